The van der Waals surface area contributed by atoms with Crippen molar-refractivity contribution < 1.29 is 55.6 Å². The monoisotopic (exact) mass is 559 g/mol. The van der Waals surface area contributed by atoms with Gasteiger partial charge in [-0.25, -0.2) is 14.6 Å². The van der Waals surface area contributed by atoms with Gasteiger partial charge in [-0.15, -0.1) is 0 Å². The normalized spacial score (nSPS) is 24.2. The number of aromatic nitrogens is 1. The van der Waals surface area contributed by atoms with Gasteiger partial charge in [0, 0.05) is 37.9 Å². The Morgan fingerprint density at radius 1 is 0.947 bits per heavy atom. The highest BCUT2D eigenvalue weighted by atomic mass is 19.4. The molecule has 3 aliphatic rings. The van der Waals surface area contributed by atoms with Crippen LogP contribution in [0.2, 0.25) is 0 Å². The summed E-state index contributed by atoms with van der Waals surface area (Å²) in [6, 6.07) is 6.34. The molecule has 15 heteroatoms. The first-order chi connectivity index (χ1) is 17.8. The predicted octanol–water partition coefficient (Wildman–Crippen LogP) is 3.44. The van der Waals surface area contributed by atoms with Crippen molar-refractivity contribution in [3.63, 3.8) is 0 Å². The van der Waals surface area contributed by atoms with E-state index in [1.807, 2.05) is 18.2 Å². The Morgan fingerprint density at radius 2 is 1.55 bits per heavy atom. The number of pyridine rings is 1. The average Bonchev–Trinajstić information content (AvgIpc) is 3.27. The van der Waals surface area contributed by atoms with Gasteiger partial charge < -0.3 is 24.6 Å². The lowest BCUT2D eigenvalue weighted by Gasteiger charge is -2.40. The van der Waals surface area contributed by atoms with Crippen LogP contribution in [0, 0.1) is 0 Å². The summed E-state index contributed by atoms with van der Waals surface area (Å²) in [7, 11) is 0. The van der Waals surface area contributed by atoms with Crippen molar-refractivity contribution in [2.24, 2.45) is 0 Å². The van der Waals surface area contributed by atoms with Gasteiger partial charge in [0.1, 0.15) is 12.2 Å². The first kappa shape index (κ1) is 31.6. The van der Waals surface area contributed by atoms with Crippen molar-refractivity contribution in [1.29, 1.82) is 0 Å². The van der Waals surface area contributed by atoms with Crippen LogP contribution in [-0.4, -0.2) is 107 Å². The van der Waals surface area contributed by atoms with E-state index in [1.54, 1.807) is 6.20 Å². The Labute approximate surface area is 215 Å². The number of piperidine rings is 1. The van der Waals surface area contributed by atoms with E-state index in [9.17, 15) is 26.3 Å². The number of rotatable bonds is 5. The number of halogens is 6. The van der Waals surface area contributed by atoms with E-state index in [0.717, 1.165) is 25.5 Å². The molecule has 3 fully saturated rings. The summed E-state index contributed by atoms with van der Waals surface area (Å²) in [4.78, 5) is 27.4. The summed E-state index contributed by atoms with van der Waals surface area (Å²) < 4.78 is 75.7. The fourth-order valence-corrected chi connectivity index (χ4v) is 4.42. The molecule has 3 atom stereocenters. The number of carboxylic acids is 2. The minimum absolute atomic E-state index is 0.141. The molecule has 0 aromatic carbocycles. The van der Waals surface area contributed by atoms with Crippen LogP contribution in [0.5, 0.6) is 5.88 Å². The van der Waals surface area contributed by atoms with Crippen molar-refractivity contribution >= 4 is 11.9 Å². The molecule has 2 aliphatic heterocycles. The molecule has 1 saturated carbocycles. The van der Waals surface area contributed by atoms with E-state index in [2.05, 4.69) is 14.8 Å². The zero-order valence-electron chi connectivity index (χ0n) is 20.5. The van der Waals surface area contributed by atoms with Crippen LogP contribution in [0.1, 0.15) is 32.1 Å². The predicted molar refractivity (Wildman–Crippen MR) is 121 cm³/mol. The van der Waals surface area contributed by atoms with Crippen molar-refractivity contribution in [3.05, 3.63) is 24.4 Å². The molecule has 0 bridgehead atoms. The Hall–Kier alpha value is -2.65. The number of carboxylic acid groups (broad SMARTS) is 2. The molecule has 2 saturated heterocycles. The van der Waals surface area contributed by atoms with Gasteiger partial charge in [0.05, 0.1) is 6.61 Å². The minimum atomic E-state index is -5.08. The van der Waals surface area contributed by atoms with E-state index in [0.29, 0.717) is 6.04 Å². The lowest BCUT2D eigenvalue weighted by Crippen LogP contribution is -2.54. The largest absolute Gasteiger partial charge is 0.490 e. The number of nitrogens with zero attached hydrogens (tertiary/aromatic N) is 3. The van der Waals surface area contributed by atoms with Crippen LogP contribution in [0.4, 0.5) is 26.3 Å². The quantitative estimate of drug-likeness (QED) is 0.524. The summed E-state index contributed by atoms with van der Waals surface area (Å²) in [5.74, 6) is -4.79. The highest BCUT2D eigenvalue weighted by Gasteiger charge is 2.44. The van der Waals surface area contributed by atoms with Crippen LogP contribution in [-0.2, 0) is 14.3 Å². The zero-order chi connectivity index (χ0) is 28.3. The molecule has 3 heterocycles. The lowest BCUT2D eigenvalue weighted by molar-refractivity contribution is -0.193. The molecule has 0 radical (unpaired) electrons. The molecule has 0 unspecified atom stereocenters. The third-order valence-corrected chi connectivity index (χ3v) is 6.20. The third kappa shape index (κ3) is 10.6. The molecular formula is C23H31F6N3O6. The average molecular weight is 560 g/mol. The SMILES string of the molecule is O=C(O)C(F)(F)F.O=C(O)C(F)(F)F.c1ccc(O[C@H]2CC[C@H]3[C@H]2OCCN3CCN2CCCCC2)nc1. The number of morpholine rings is 1. The van der Waals surface area contributed by atoms with Crippen molar-refractivity contribution in [1.82, 2.24) is 14.8 Å². The maximum absolute atomic E-state index is 10.6. The van der Waals surface area contributed by atoms with Gasteiger partial charge in [0.2, 0.25) is 5.88 Å². The molecule has 1 aromatic heterocycles. The number of fused-ring (bicyclic) bond motifs is 1. The maximum atomic E-state index is 10.6. The summed E-state index contributed by atoms with van der Waals surface area (Å²) in [5.41, 5.74) is 0. The van der Waals surface area contributed by atoms with Gasteiger partial charge in [0.15, 0.2) is 0 Å². The highest BCUT2D eigenvalue weighted by Crippen LogP contribution is 2.32. The van der Waals surface area contributed by atoms with Gasteiger partial charge in [-0.05, 0) is 44.8 Å². The minimum Gasteiger partial charge on any atom is -0.475 e. The van der Waals surface area contributed by atoms with Crippen LogP contribution >= 0.6 is 0 Å². The Balaban J connectivity index is 0.000000301. The maximum Gasteiger partial charge on any atom is 0.490 e. The van der Waals surface area contributed by atoms with Crippen LogP contribution in [0.25, 0.3) is 0 Å². The standard InChI is InChI=1S/C19H29N3O2.2C2HF3O2/c1-4-10-21(11-5-1)12-13-22-14-15-23-19-16(22)7-8-17(19)24-18-6-2-3-9-20-18;2*3-2(4,5)1(6)7/h2-3,6,9,16-17,19H,1,4-5,7-8,10-15H2;2*(H,6,7)/t16-,17-,19+;;/m0../s1. The van der Waals surface area contributed by atoms with Gasteiger partial charge in [-0.3, -0.25) is 4.90 Å². The van der Waals surface area contributed by atoms with E-state index in [1.165, 1.54) is 51.9 Å². The summed E-state index contributed by atoms with van der Waals surface area (Å²) in [6.45, 7) is 6.82. The third-order valence-electron chi connectivity index (χ3n) is 6.20. The molecular weight excluding hydrogens is 528 g/mol. The van der Waals surface area contributed by atoms with Gasteiger partial charge in [-0.2, -0.15) is 26.3 Å². The molecule has 0 amide bonds. The van der Waals surface area contributed by atoms with Crippen LogP contribution in [0.15, 0.2) is 24.4 Å². The summed E-state index contributed by atoms with van der Waals surface area (Å²) in [5, 5.41) is 14.2. The van der Waals surface area contributed by atoms with Crippen molar-refractivity contribution in [2.45, 2.75) is 62.7 Å². The number of aliphatic carboxylic acids is 2. The van der Waals surface area contributed by atoms with Crippen LogP contribution < -0.4 is 4.74 Å². The highest BCUT2D eigenvalue weighted by molar-refractivity contribution is 5.73. The Bertz CT molecular complexity index is 843. The smallest absolute Gasteiger partial charge is 0.475 e. The second-order valence-corrected chi connectivity index (χ2v) is 8.85. The van der Waals surface area contributed by atoms with Gasteiger partial charge in [-0.1, -0.05) is 12.5 Å². The fraction of sp³-hybridized carbons (Fsp3) is 0.696. The number of hydrogen-bond donors (Lipinski definition) is 2. The number of hydrogen-bond acceptors (Lipinski definition) is 7. The Kier molecular flexibility index (Phi) is 12.0. The first-order valence-corrected chi connectivity index (χ1v) is 12.0. The molecule has 4 rings (SSSR count). The lowest BCUT2D eigenvalue weighted by atomic mass is 10.1. The zero-order valence-corrected chi connectivity index (χ0v) is 20.5. The topological polar surface area (TPSA) is 112 Å². The van der Waals surface area contributed by atoms with E-state index in [4.69, 9.17) is 29.3 Å². The number of alkyl halides is 6. The molecule has 38 heavy (non-hydrogen) atoms. The Morgan fingerprint density at radius 3 is 2.08 bits per heavy atom. The molecule has 0 spiro atoms. The summed E-state index contributed by atoms with van der Waals surface area (Å²) in [6.07, 6.45) is -1.66. The van der Waals surface area contributed by atoms with Crippen molar-refractivity contribution in [2.75, 3.05) is 39.3 Å². The van der Waals surface area contributed by atoms with E-state index < -0.39 is 24.3 Å². The second kappa shape index (κ2) is 14.5. The molecule has 9 nitrogen and oxygen atoms in total. The number of carbonyl (C=O) groups is 2. The molecule has 2 N–H and O–H groups in total. The van der Waals surface area contributed by atoms with Gasteiger partial charge >= 0.3 is 24.3 Å². The fourth-order valence-electron chi connectivity index (χ4n) is 4.42. The van der Waals surface area contributed by atoms with E-state index in [-0.39, 0.29) is 12.2 Å². The van der Waals surface area contributed by atoms with E-state index >= 15 is 0 Å². The first-order valence-electron chi connectivity index (χ1n) is 12.0. The molecule has 1 aromatic rings. The number of ether oxygens (including phenoxy) is 2. The number of likely N-dealkylation sites (tertiary alicyclic amines) is 1. The van der Waals surface area contributed by atoms with Crippen LogP contribution in [0.3, 0.4) is 0 Å². The molecule has 216 valence electrons. The molecule has 1 aliphatic carbocycles. The van der Waals surface area contributed by atoms with Crippen molar-refractivity contribution in [3.8, 4) is 5.88 Å². The van der Waals surface area contributed by atoms with Gasteiger partial charge in [0.25, 0.3) is 0 Å². The second-order valence-electron chi connectivity index (χ2n) is 8.85. The summed E-state index contributed by atoms with van der Waals surface area (Å²) >= 11 is 0.